The lowest BCUT2D eigenvalue weighted by Crippen LogP contribution is -2.35. The fourth-order valence-electron chi connectivity index (χ4n) is 2.76. The predicted octanol–water partition coefficient (Wildman–Crippen LogP) is 3.96. The van der Waals surface area contributed by atoms with E-state index in [2.05, 4.69) is 49.4 Å². The van der Waals surface area contributed by atoms with Gasteiger partial charge in [0.05, 0.1) is 6.54 Å². The molecule has 1 aromatic heterocycles. The number of hydrogen-bond donors (Lipinski definition) is 0. The quantitative estimate of drug-likeness (QED) is 0.736. The van der Waals surface area contributed by atoms with Crippen molar-refractivity contribution in [3.8, 4) is 0 Å². The molecular weight excluding hydrogens is 298 g/mol. The Balaban J connectivity index is 2.11. The number of nitrogens with zero attached hydrogens (tertiary/aromatic N) is 3. The SMILES string of the molecule is CC(C)CC(=O)N(Cc1nccn1Cc1ccccc1)CC(C)C. The van der Waals surface area contributed by atoms with Crippen molar-refractivity contribution in [2.45, 2.75) is 47.2 Å². The van der Waals surface area contributed by atoms with Gasteiger partial charge in [-0.2, -0.15) is 0 Å². The zero-order valence-electron chi connectivity index (χ0n) is 15.3. The number of rotatable bonds is 8. The highest BCUT2D eigenvalue weighted by atomic mass is 16.2. The topological polar surface area (TPSA) is 38.1 Å². The molecule has 130 valence electrons. The summed E-state index contributed by atoms with van der Waals surface area (Å²) in [6, 6.07) is 10.3. The van der Waals surface area contributed by atoms with Gasteiger partial charge in [0.1, 0.15) is 5.82 Å². The third kappa shape index (κ3) is 5.52. The molecule has 0 unspecified atom stereocenters. The monoisotopic (exact) mass is 327 g/mol. The van der Waals surface area contributed by atoms with Gasteiger partial charge in [-0.1, -0.05) is 58.0 Å². The molecule has 0 fully saturated rings. The standard InChI is InChI=1S/C20H29N3O/c1-16(2)12-20(24)23(13-17(3)4)15-19-21-10-11-22(19)14-18-8-6-5-7-9-18/h5-11,16-17H,12-15H2,1-4H3. The summed E-state index contributed by atoms with van der Waals surface area (Å²) in [6.45, 7) is 10.6. The Labute approximate surface area is 145 Å². The van der Waals surface area contributed by atoms with Crippen molar-refractivity contribution in [1.29, 1.82) is 0 Å². The maximum atomic E-state index is 12.6. The van der Waals surface area contributed by atoms with Crippen LogP contribution in [0.4, 0.5) is 0 Å². The van der Waals surface area contributed by atoms with Gasteiger partial charge in [-0.3, -0.25) is 4.79 Å². The molecule has 0 saturated carbocycles. The van der Waals surface area contributed by atoms with Crippen LogP contribution in [0.15, 0.2) is 42.7 Å². The first kappa shape index (κ1) is 18.2. The highest BCUT2D eigenvalue weighted by Gasteiger charge is 2.18. The summed E-state index contributed by atoms with van der Waals surface area (Å²) in [5, 5.41) is 0. The van der Waals surface area contributed by atoms with Crippen molar-refractivity contribution in [1.82, 2.24) is 14.5 Å². The van der Waals surface area contributed by atoms with Gasteiger partial charge in [0, 0.05) is 31.9 Å². The average molecular weight is 327 g/mol. The lowest BCUT2D eigenvalue weighted by atomic mass is 10.1. The minimum absolute atomic E-state index is 0.216. The summed E-state index contributed by atoms with van der Waals surface area (Å²) >= 11 is 0. The summed E-state index contributed by atoms with van der Waals surface area (Å²) in [4.78, 5) is 19.0. The van der Waals surface area contributed by atoms with Crippen LogP contribution >= 0.6 is 0 Å². The summed E-state index contributed by atoms with van der Waals surface area (Å²) in [5.41, 5.74) is 1.24. The smallest absolute Gasteiger partial charge is 0.223 e. The van der Waals surface area contributed by atoms with Crippen LogP contribution < -0.4 is 0 Å². The van der Waals surface area contributed by atoms with Gasteiger partial charge in [-0.15, -0.1) is 0 Å². The maximum Gasteiger partial charge on any atom is 0.223 e. The van der Waals surface area contributed by atoms with Crippen LogP contribution in [0.5, 0.6) is 0 Å². The maximum absolute atomic E-state index is 12.6. The molecule has 0 aliphatic rings. The molecule has 2 rings (SSSR count). The molecule has 24 heavy (non-hydrogen) atoms. The van der Waals surface area contributed by atoms with Crippen LogP contribution in [0, 0.1) is 11.8 Å². The van der Waals surface area contributed by atoms with Crippen LogP contribution in [-0.4, -0.2) is 26.9 Å². The second-order valence-corrected chi connectivity index (χ2v) is 7.22. The highest BCUT2D eigenvalue weighted by Crippen LogP contribution is 2.13. The summed E-state index contributed by atoms with van der Waals surface area (Å²) in [6.07, 6.45) is 4.40. The van der Waals surface area contributed by atoms with E-state index in [0.717, 1.165) is 18.9 Å². The largest absolute Gasteiger partial charge is 0.335 e. The Morgan fingerprint density at radius 2 is 1.83 bits per heavy atom. The molecule has 1 aromatic carbocycles. The van der Waals surface area contributed by atoms with Crippen molar-refractivity contribution in [3.63, 3.8) is 0 Å². The summed E-state index contributed by atoms with van der Waals surface area (Å²) < 4.78 is 2.13. The molecule has 1 heterocycles. The number of amides is 1. The number of carbonyl (C=O) groups is 1. The number of carbonyl (C=O) groups excluding carboxylic acids is 1. The molecule has 0 radical (unpaired) electrons. The van der Waals surface area contributed by atoms with E-state index in [-0.39, 0.29) is 5.91 Å². The molecule has 0 saturated heterocycles. The fraction of sp³-hybridized carbons (Fsp3) is 0.500. The Bertz CT molecular complexity index is 631. The van der Waals surface area contributed by atoms with Gasteiger partial charge in [0.25, 0.3) is 0 Å². The van der Waals surface area contributed by atoms with Crippen LogP contribution in [-0.2, 0) is 17.9 Å². The molecule has 4 heteroatoms. The molecule has 2 aromatic rings. The second kappa shape index (κ2) is 8.67. The van der Waals surface area contributed by atoms with Crippen molar-refractivity contribution < 1.29 is 4.79 Å². The van der Waals surface area contributed by atoms with E-state index in [1.807, 2.05) is 35.5 Å². The predicted molar refractivity (Wildman–Crippen MR) is 97.5 cm³/mol. The van der Waals surface area contributed by atoms with Crippen molar-refractivity contribution >= 4 is 5.91 Å². The van der Waals surface area contributed by atoms with Gasteiger partial charge < -0.3 is 9.47 Å². The third-order valence-electron chi connectivity index (χ3n) is 3.85. The van der Waals surface area contributed by atoms with E-state index in [4.69, 9.17) is 0 Å². The molecule has 0 bridgehead atoms. The highest BCUT2D eigenvalue weighted by molar-refractivity contribution is 5.76. The minimum atomic E-state index is 0.216. The average Bonchev–Trinajstić information content (AvgIpc) is 2.93. The van der Waals surface area contributed by atoms with Crippen molar-refractivity contribution in [3.05, 3.63) is 54.1 Å². The van der Waals surface area contributed by atoms with E-state index >= 15 is 0 Å². The first-order chi connectivity index (χ1) is 11.5. The van der Waals surface area contributed by atoms with E-state index in [9.17, 15) is 4.79 Å². The molecule has 0 aliphatic heterocycles. The Kier molecular flexibility index (Phi) is 6.59. The Morgan fingerprint density at radius 1 is 1.12 bits per heavy atom. The van der Waals surface area contributed by atoms with E-state index in [0.29, 0.717) is 24.8 Å². The van der Waals surface area contributed by atoms with E-state index in [1.54, 1.807) is 0 Å². The van der Waals surface area contributed by atoms with Crippen LogP contribution in [0.2, 0.25) is 0 Å². The molecule has 1 amide bonds. The number of hydrogen-bond acceptors (Lipinski definition) is 2. The van der Waals surface area contributed by atoms with Gasteiger partial charge in [0.2, 0.25) is 5.91 Å². The van der Waals surface area contributed by atoms with Gasteiger partial charge in [0.15, 0.2) is 0 Å². The van der Waals surface area contributed by atoms with Crippen molar-refractivity contribution in [2.24, 2.45) is 11.8 Å². The van der Waals surface area contributed by atoms with E-state index in [1.165, 1.54) is 5.56 Å². The van der Waals surface area contributed by atoms with E-state index < -0.39 is 0 Å². The molecule has 0 spiro atoms. The Hall–Kier alpha value is -2.10. The minimum Gasteiger partial charge on any atom is -0.335 e. The second-order valence-electron chi connectivity index (χ2n) is 7.22. The number of imidazole rings is 1. The van der Waals surface area contributed by atoms with Crippen LogP contribution in [0.3, 0.4) is 0 Å². The lowest BCUT2D eigenvalue weighted by molar-refractivity contribution is -0.133. The number of benzene rings is 1. The zero-order chi connectivity index (χ0) is 17.5. The molecular formula is C20H29N3O. The van der Waals surface area contributed by atoms with Gasteiger partial charge in [-0.25, -0.2) is 4.98 Å². The first-order valence-corrected chi connectivity index (χ1v) is 8.77. The lowest BCUT2D eigenvalue weighted by Gasteiger charge is -2.25. The van der Waals surface area contributed by atoms with Crippen molar-refractivity contribution in [2.75, 3.05) is 6.54 Å². The van der Waals surface area contributed by atoms with Crippen LogP contribution in [0.1, 0.15) is 45.5 Å². The summed E-state index contributed by atoms with van der Waals surface area (Å²) in [5.74, 6) is 1.97. The van der Waals surface area contributed by atoms with Crippen LogP contribution in [0.25, 0.3) is 0 Å². The summed E-state index contributed by atoms with van der Waals surface area (Å²) in [7, 11) is 0. The molecule has 0 aliphatic carbocycles. The molecule has 0 N–H and O–H groups in total. The normalized spacial score (nSPS) is 11.2. The molecule has 4 nitrogen and oxygen atoms in total. The number of aromatic nitrogens is 2. The zero-order valence-corrected chi connectivity index (χ0v) is 15.3. The third-order valence-corrected chi connectivity index (χ3v) is 3.85. The molecule has 0 atom stereocenters. The Morgan fingerprint density at radius 3 is 2.46 bits per heavy atom. The first-order valence-electron chi connectivity index (χ1n) is 8.77. The fourth-order valence-corrected chi connectivity index (χ4v) is 2.76. The van der Waals surface area contributed by atoms with Gasteiger partial charge in [-0.05, 0) is 17.4 Å². The van der Waals surface area contributed by atoms with Gasteiger partial charge >= 0.3 is 0 Å².